The first-order chi connectivity index (χ1) is 11.6. The van der Waals surface area contributed by atoms with Crippen LogP contribution in [0.15, 0.2) is 18.2 Å². The summed E-state index contributed by atoms with van der Waals surface area (Å²) >= 11 is 6.04. The van der Waals surface area contributed by atoms with Gasteiger partial charge >= 0.3 is 6.03 Å². The fourth-order valence-electron chi connectivity index (χ4n) is 3.37. The van der Waals surface area contributed by atoms with Crippen LogP contribution in [0.1, 0.15) is 24.8 Å². The zero-order valence-corrected chi connectivity index (χ0v) is 15.0. The van der Waals surface area contributed by atoms with E-state index in [1.165, 1.54) is 12.8 Å². The molecule has 0 spiro atoms. The highest BCUT2D eigenvalue weighted by atomic mass is 35.5. The van der Waals surface area contributed by atoms with Gasteiger partial charge in [-0.1, -0.05) is 17.7 Å². The Bertz CT molecular complexity index is 575. The second-order valence-electron chi connectivity index (χ2n) is 6.69. The summed E-state index contributed by atoms with van der Waals surface area (Å²) in [6, 6.07) is 5.47. The van der Waals surface area contributed by atoms with E-state index in [0.29, 0.717) is 11.6 Å². The Morgan fingerprint density at radius 3 is 2.88 bits per heavy atom. The van der Waals surface area contributed by atoms with Crippen LogP contribution in [0, 0.1) is 6.92 Å². The number of amides is 2. The monoisotopic (exact) mass is 351 g/mol. The smallest absolute Gasteiger partial charge is 0.321 e. The molecule has 2 amide bonds. The number of ether oxygens (including phenoxy) is 1. The molecule has 6 heteroatoms. The molecule has 0 aliphatic carbocycles. The second kappa shape index (κ2) is 8.19. The van der Waals surface area contributed by atoms with Crippen LogP contribution in [-0.2, 0) is 4.74 Å². The van der Waals surface area contributed by atoms with Crippen molar-refractivity contribution in [3.8, 4) is 0 Å². The molecule has 2 heterocycles. The summed E-state index contributed by atoms with van der Waals surface area (Å²) in [6.07, 6.45) is 3.51. The molecule has 3 rings (SSSR count). The highest BCUT2D eigenvalue weighted by molar-refractivity contribution is 6.31. The van der Waals surface area contributed by atoms with Gasteiger partial charge in [-0.2, -0.15) is 0 Å². The maximum atomic E-state index is 12.7. The molecule has 0 saturated carbocycles. The molecule has 1 N–H and O–H groups in total. The minimum absolute atomic E-state index is 0.0720. The number of hydrogen-bond acceptors (Lipinski definition) is 3. The van der Waals surface area contributed by atoms with Crippen molar-refractivity contribution in [3.63, 3.8) is 0 Å². The first kappa shape index (κ1) is 17.5. The Morgan fingerprint density at radius 1 is 1.29 bits per heavy atom. The molecular formula is C18H26ClN3O2. The topological polar surface area (TPSA) is 44.8 Å². The van der Waals surface area contributed by atoms with Crippen LogP contribution in [0.2, 0.25) is 5.02 Å². The average molecular weight is 352 g/mol. The van der Waals surface area contributed by atoms with Crippen molar-refractivity contribution < 1.29 is 9.53 Å². The summed E-state index contributed by atoms with van der Waals surface area (Å²) in [6.45, 7) is 7.26. The Morgan fingerprint density at radius 2 is 2.08 bits per heavy atom. The molecule has 0 aromatic heterocycles. The lowest BCUT2D eigenvalue weighted by Crippen LogP contribution is -2.43. The first-order valence-corrected chi connectivity index (χ1v) is 9.15. The standard InChI is InChI=1S/C18H26ClN3O2/c1-14-5-6-15(19)11-17(14)20-18(23)22-9-4-10-24-16(13-22)12-21-7-2-3-8-21/h5-6,11,16H,2-4,7-10,12-13H2,1H3,(H,20,23). The molecule has 2 saturated heterocycles. The number of likely N-dealkylation sites (tertiary alicyclic amines) is 1. The SMILES string of the molecule is Cc1ccc(Cl)cc1NC(=O)N1CCCOC(CN2CCCC2)C1. The Kier molecular flexibility index (Phi) is 5.98. The van der Waals surface area contributed by atoms with Crippen molar-refractivity contribution in [2.24, 2.45) is 0 Å². The van der Waals surface area contributed by atoms with Crippen molar-refractivity contribution in [1.29, 1.82) is 0 Å². The molecule has 0 bridgehead atoms. The van der Waals surface area contributed by atoms with Crippen molar-refractivity contribution in [1.82, 2.24) is 9.80 Å². The maximum Gasteiger partial charge on any atom is 0.321 e. The van der Waals surface area contributed by atoms with E-state index in [1.807, 2.05) is 24.0 Å². The van der Waals surface area contributed by atoms with Crippen molar-refractivity contribution >= 4 is 23.3 Å². The molecule has 132 valence electrons. The van der Waals surface area contributed by atoms with E-state index in [4.69, 9.17) is 16.3 Å². The molecule has 1 aromatic rings. The lowest BCUT2D eigenvalue weighted by Gasteiger charge is -2.27. The number of halogens is 1. The fourth-order valence-corrected chi connectivity index (χ4v) is 3.54. The zero-order valence-electron chi connectivity index (χ0n) is 14.3. The van der Waals surface area contributed by atoms with E-state index in [1.54, 1.807) is 6.07 Å². The van der Waals surface area contributed by atoms with Crippen LogP contribution in [0.25, 0.3) is 0 Å². The molecule has 5 nitrogen and oxygen atoms in total. The van der Waals surface area contributed by atoms with E-state index in [0.717, 1.165) is 50.5 Å². The van der Waals surface area contributed by atoms with E-state index in [9.17, 15) is 4.79 Å². The number of benzene rings is 1. The van der Waals surface area contributed by atoms with Gasteiger partial charge in [0.1, 0.15) is 0 Å². The van der Waals surface area contributed by atoms with Crippen LogP contribution in [0.5, 0.6) is 0 Å². The number of nitrogens with zero attached hydrogens (tertiary/aromatic N) is 2. The number of rotatable bonds is 3. The second-order valence-corrected chi connectivity index (χ2v) is 7.13. The number of carbonyl (C=O) groups is 1. The third kappa shape index (κ3) is 4.62. The van der Waals surface area contributed by atoms with Gasteiger partial charge in [-0.25, -0.2) is 4.79 Å². The summed E-state index contributed by atoms with van der Waals surface area (Å²) in [7, 11) is 0. The van der Waals surface area contributed by atoms with Gasteiger partial charge in [0.25, 0.3) is 0 Å². The Labute approximate surface area is 148 Å². The molecule has 2 fully saturated rings. The fraction of sp³-hybridized carbons (Fsp3) is 0.611. The highest BCUT2D eigenvalue weighted by Crippen LogP contribution is 2.21. The summed E-state index contributed by atoms with van der Waals surface area (Å²) in [5.74, 6) is 0. The molecule has 2 aliphatic rings. The Balaban J connectivity index is 1.61. The third-order valence-corrected chi connectivity index (χ3v) is 4.97. The predicted octanol–water partition coefficient (Wildman–Crippen LogP) is 3.37. The van der Waals surface area contributed by atoms with Gasteiger partial charge in [0.15, 0.2) is 0 Å². The minimum Gasteiger partial charge on any atom is -0.375 e. The predicted molar refractivity (Wildman–Crippen MR) is 96.8 cm³/mol. The normalized spacial score (nSPS) is 22.4. The van der Waals surface area contributed by atoms with Gasteiger partial charge < -0.3 is 19.9 Å². The third-order valence-electron chi connectivity index (χ3n) is 4.74. The van der Waals surface area contributed by atoms with Crippen LogP contribution in [0.3, 0.4) is 0 Å². The van der Waals surface area contributed by atoms with Gasteiger partial charge in [-0.15, -0.1) is 0 Å². The highest BCUT2D eigenvalue weighted by Gasteiger charge is 2.25. The van der Waals surface area contributed by atoms with Gasteiger partial charge in [-0.3, -0.25) is 0 Å². The van der Waals surface area contributed by atoms with Crippen LogP contribution >= 0.6 is 11.6 Å². The number of hydrogen-bond donors (Lipinski definition) is 1. The van der Waals surface area contributed by atoms with Gasteiger partial charge in [0.2, 0.25) is 0 Å². The summed E-state index contributed by atoms with van der Waals surface area (Å²) in [5.41, 5.74) is 1.78. The lowest BCUT2D eigenvalue weighted by molar-refractivity contribution is 0.0355. The minimum atomic E-state index is -0.0720. The number of aryl methyl sites for hydroxylation is 1. The van der Waals surface area contributed by atoms with Gasteiger partial charge in [0.05, 0.1) is 6.10 Å². The van der Waals surface area contributed by atoms with E-state index in [-0.39, 0.29) is 12.1 Å². The average Bonchev–Trinajstić information content (AvgIpc) is 2.95. The Hall–Kier alpha value is -1.30. The zero-order chi connectivity index (χ0) is 16.9. The number of nitrogens with one attached hydrogen (secondary N) is 1. The molecule has 2 aliphatic heterocycles. The van der Waals surface area contributed by atoms with Crippen LogP contribution in [-0.4, -0.2) is 61.3 Å². The first-order valence-electron chi connectivity index (χ1n) is 8.78. The van der Waals surface area contributed by atoms with Crippen molar-refractivity contribution in [2.45, 2.75) is 32.3 Å². The lowest BCUT2D eigenvalue weighted by atomic mass is 10.2. The summed E-state index contributed by atoms with van der Waals surface area (Å²) in [4.78, 5) is 17.0. The molecule has 24 heavy (non-hydrogen) atoms. The van der Waals surface area contributed by atoms with E-state index in [2.05, 4.69) is 10.2 Å². The van der Waals surface area contributed by atoms with Crippen LogP contribution in [0.4, 0.5) is 10.5 Å². The molecular weight excluding hydrogens is 326 g/mol. The number of anilines is 1. The molecule has 1 aromatic carbocycles. The van der Waals surface area contributed by atoms with E-state index >= 15 is 0 Å². The number of carbonyl (C=O) groups excluding carboxylic acids is 1. The van der Waals surface area contributed by atoms with Crippen LogP contribution < -0.4 is 5.32 Å². The summed E-state index contributed by atoms with van der Waals surface area (Å²) < 4.78 is 5.95. The van der Waals surface area contributed by atoms with E-state index < -0.39 is 0 Å². The largest absolute Gasteiger partial charge is 0.375 e. The summed E-state index contributed by atoms with van der Waals surface area (Å²) in [5, 5.41) is 3.62. The quantitative estimate of drug-likeness (QED) is 0.908. The van der Waals surface area contributed by atoms with Gasteiger partial charge in [0, 0.05) is 37.0 Å². The van der Waals surface area contributed by atoms with Crippen molar-refractivity contribution in [3.05, 3.63) is 28.8 Å². The van der Waals surface area contributed by atoms with Gasteiger partial charge in [-0.05, 0) is 57.0 Å². The molecule has 1 unspecified atom stereocenters. The molecule has 0 radical (unpaired) electrons. The maximum absolute atomic E-state index is 12.7. The van der Waals surface area contributed by atoms with Crippen molar-refractivity contribution in [2.75, 3.05) is 44.6 Å². The number of urea groups is 1. The molecule has 1 atom stereocenters.